The van der Waals surface area contributed by atoms with E-state index in [1.807, 2.05) is 12.3 Å². The van der Waals surface area contributed by atoms with E-state index in [9.17, 15) is 4.79 Å². The highest BCUT2D eigenvalue weighted by Gasteiger charge is 2.34. The lowest BCUT2D eigenvalue weighted by Crippen LogP contribution is -2.44. The fourth-order valence-electron chi connectivity index (χ4n) is 2.52. The van der Waals surface area contributed by atoms with E-state index in [1.165, 1.54) is 5.56 Å². The summed E-state index contributed by atoms with van der Waals surface area (Å²) >= 11 is 0. The third kappa shape index (κ3) is 2.33. The molecule has 1 aliphatic carbocycles. The van der Waals surface area contributed by atoms with Gasteiger partial charge in [-0.3, -0.25) is 4.79 Å². The number of anilines is 1. The summed E-state index contributed by atoms with van der Waals surface area (Å²) in [7, 11) is 0. The van der Waals surface area contributed by atoms with E-state index in [0.717, 1.165) is 38.0 Å². The van der Waals surface area contributed by atoms with Gasteiger partial charge in [0.2, 0.25) is 5.91 Å². The summed E-state index contributed by atoms with van der Waals surface area (Å²) in [5.74, 6) is 1.11. The molecular weight excluding hydrogens is 226 g/mol. The van der Waals surface area contributed by atoms with E-state index >= 15 is 0 Å². The summed E-state index contributed by atoms with van der Waals surface area (Å²) in [4.78, 5) is 18.7. The van der Waals surface area contributed by atoms with Gasteiger partial charge in [-0.15, -0.1) is 0 Å². The molecule has 1 aliphatic heterocycles. The van der Waals surface area contributed by atoms with Crippen LogP contribution in [0, 0.1) is 6.92 Å². The van der Waals surface area contributed by atoms with Crippen LogP contribution in [0.1, 0.15) is 31.2 Å². The first-order valence-electron chi connectivity index (χ1n) is 6.74. The van der Waals surface area contributed by atoms with E-state index in [4.69, 9.17) is 0 Å². The number of nitrogens with one attached hydrogen (secondary N) is 1. The first-order chi connectivity index (χ1) is 8.74. The molecule has 1 aromatic heterocycles. The highest BCUT2D eigenvalue weighted by molar-refractivity contribution is 5.86. The molecule has 1 N–H and O–H groups in total. The Balaban J connectivity index is 1.75. The Morgan fingerprint density at radius 1 is 1.44 bits per heavy atom. The number of aromatic nitrogens is 1. The summed E-state index contributed by atoms with van der Waals surface area (Å²) in [6.07, 6.45) is 6.10. The smallest absolute Gasteiger partial charge is 0.242 e. The molecule has 1 saturated heterocycles. The predicted octanol–water partition coefficient (Wildman–Crippen LogP) is 1.64. The van der Waals surface area contributed by atoms with E-state index in [2.05, 4.69) is 28.2 Å². The molecule has 0 spiro atoms. The molecule has 1 atom stereocenters. The lowest BCUT2D eigenvalue weighted by atomic mass is 10.2. The molecule has 4 nitrogen and oxygen atoms in total. The number of nitrogens with zero attached hydrogens (tertiary/aromatic N) is 2. The highest BCUT2D eigenvalue weighted by atomic mass is 16.2. The molecule has 3 rings (SSSR count). The standard InChI is InChI=1S/C14H19N3O/c1-10-6-7-15-13(9-10)17-8-2-3-12(17)14(18)16-11-4-5-11/h6-7,9,11-12H,2-5,8H2,1H3,(H,16,18). The van der Waals surface area contributed by atoms with Crippen molar-refractivity contribution in [2.24, 2.45) is 0 Å². The Hall–Kier alpha value is -1.58. The summed E-state index contributed by atoms with van der Waals surface area (Å²) in [5, 5.41) is 3.10. The first kappa shape index (κ1) is 11.5. The Bertz CT molecular complexity index is 456. The van der Waals surface area contributed by atoms with E-state index < -0.39 is 0 Å². The normalized spacial score (nSPS) is 23.2. The minimum absolute atomic E-state index is 0.0279. The Kier molecular flexibility index (Phi) is 2.94. The Morgan fingerprint density at radius 3 is 3.00 bits per heavy atom. The molecule has 2 aliphatic rings. The van der Waals surface area contributed by atoms with Crippen molar-refractivity contribution in [2.45, 2.75) is 44.7 Å². The third-order valence-electron chi connectivity index (χ3n) is 3.67. The SMILES string of the molecule is Cc1ccnc(N2CCCC2C(=O)NC2CC2)c1. The van der Waals surface area contributed by atoms with Gasteiger partial charge in [0, 0.05) is 18.8 Å². The molecule has 1 aromatic rings. The van der Waals surface area contributed by atoms with Crippen LogP contribution in [0.5, 0.6) is 0 Å². The fourth-order valence-corrected chi connectivity index (χ4v) is 2.52. The molecule has 1 saturated carbocycles. The maximum absolute atomic E-state index is 12.2. The van der Waals surface area contributed by atoms with E-state index in [1.54, 1.807) is 0 Å². The molecule has 4 heteroatoms. The third-order valence-corrected chi connectivity index (χ3v) is 3.67. The average molecular weight is 245 g/mol. The van der Waals surface area contributed by atoms with Gasteiger partial charge in [-0.2, -0.15) is 0 Å². The molecule has 2 heterocycles. The van der Waals surface area contributed by atoms with Crippen molar-refractivity contribution in [1.82, 2.24) is 10.3 Å². The second-order valence-electron chi connectivity index (χ2n) is 5.33. The van der Waals surface area contributed by atoms with Crippen molar-refractivity contribution >= 4 is 11.7 Å². The van der Waals surface area contributed by atoms with Crippen LogP contribution < -0.4 is 10.2 Å². The second kappa shape index (κ2) is 4.59. The topological polar surface area (TPSA) is 45.2 Å². The maximum atomic E-state index is 12.2. The molecule has 1 amide bonds. The van der Waals surface area contributed by atoms with Crippen molar-refractivity contribution in [2.75, 3.05) is 11.4 Å². The van der Waals surface area contributed by atoms with Crippen molar-refractivity contribution in [3.63, 3.8) is 0 Å². The van der Waals surface area contributed by atoms with Gasteiger partial charge >= 0.3 is 0 Å². The molecule has 2 fully saturated rings. The quantitative estimate of drug-likeness (QED) is 0.880. The van der Waals surface area contributed by atoms with Crippen molar-refractivity contribution in [1.29, 1.82) is 0 Å². The number of hydrogen-bond donors (Lipinski definition) is 1. The number of aryl methyl sites for hydroxylation is 1. The van der Waals surface area contributed by atoms with Crippen LogP contribution in [0.2, 0.25) is 0 Å². The molecule has 18 heavy (non-hydrogen) atoms. The fraction of sp³-hybridized carbons (Fsp3) is 0.571. The number of carbonyl (C=O) groups excluding carboxylic acids is 1. The molecule has 0 aromatic carbocycles. The van der Waals surface area contributed by atoms with Gasteiger partial charge in [-0.25, -0.2) is 4.98 Å². The average Bonchev–Trinajstić information content (AvgIpc) is 3.03. The highest BCUT2D eigenvalue weighted by Crippen LogP contribution is 2.26. The van der Waals surface area contributed by atoms with Crippen LogP contribution in [0.4, 0.5) is 5.82 Å². The maximum Gasteiger partial charge on any atom is 0.242 e. The first-order valence-corrected chi connectivity index (χ1v) is 6.74. The van der Waals surface area contributed by atoms with Crippen LogP contribution in [-0.4, -0.2) is 29.5 Å². The van der Waals surface area contributed by atoms with E-state index in [0.29, 0.717) is 6.04 Å². The van der Waals surface area contributed by atoms with Crippen LogP contribution in [0.3, 0.4) is 0 Å². The predicted molar refractivity (Wildman–Crippen MR) is 70.5 cm³/mol. The largest absolute Gasteiger partial charge is 0.352 e. The van der Waals surface area contributed by atoms with E-state index in [-0.39, 0.29) is 11.9 Å². The summed E-state index contributed by atoms with van der Waals surface area (Å²) < 4.78 is 0. The molecule has 1 unspecified atom stereocenters. The van der Waals surface area contributed by atoms with Crippen molar-refractivity contribution < 1.29 is 4.79 Å². The number of amides is 1. The van der Waals surface area contributed by atoms with Gasteiger partial charge in [-0.1, -0.05) is 0 Å². The number of hydrogen-bond acceptors (Lipinski definition) is 3. The van der Waals surface area contributed by atoms with Crippen LogP contribution in [-0.2, 0) is 4.79 Å². The number of carbonyl (C=O) groups is 1. The number of pyridine rings is 1. The summed E-state index contributed by atoms with van der Waals surface area (Å²) in [6.45, 7) is 2.99. The van der Waals surface area contributed by atoms with Gasteiger partial charge in [0.1, 0.15) is 11.9 Å². The minimum Gasteiger partial charge on any atom is -0.352 e. The van der Waals surface area contributed by atoms with Crippen molar-refractivity contribution in [3.05, 3.63) is 23.9 Å². The minimum atomic E-state index is -0.0279. The zero-order valence-electron chi connectivity index (χ0n) is 10.7. The zero-order chi connectivity index (χ0) is 12.5. The Morgan fingerprint density at radius 2 is 2.28 bits per heavy atom. The van der Waals surface area contributed by atoms with Crippen LogP contribution in [0.25, 0.3) is 0 Å². The lowest BCUT2D eigenvalue weighted by Gasteiger charge is -2.25. The second-order valence-corrected chi connectivity index (χ2v) is 5.33. The summed E-state index contributed by atoms with van der Waals surface area (Å²) in [6, 6.07) is 4.45. The van der Waals surface area contributed by atoms with Gasteiger partial charge < -0.3 is 10.2 Å². The molecule has 0 radical (unpaired) electrons. The molecular formula is C14H19N3O. The van der Waals surface area contributed by atoms with Crippen molar-refractivity contribution in [3.8, 4) is 0 Å². The van der Waals surface area contributed by atoms with Gasteiger partial charge in [0.05, 0.1) is 0 Å². The lowest BCUT2D eigenvalue weighted by molar-refractivity contribution is -0.122. The van der Waals surface area contributed by atoms with Gasteiger partial charge in [0.25, 0.3) is 0 Å². The zero-order valence-corrected chi connectivity index (χ0v) is 10.7. The van der Waals surface area contributed by atoms with Crippen LogP contribution in [0.15, 0.2) is 18.3 Å². The summed E-state index contributed by atoms with van der Waals surface area (Å²) in [5.41, 5.74) is 1.19. The van der Waals surface area contributed by atoms with Gasteiger partial charge in [-0.05, 0) is 50.3 Å². The Labute approximate surface area is 107 Å². The molecule has 96 valence electrons. The van der Waals surface area contributed by atoms with Gasteiger partial charge in [0.15, 0.2) is 0 Å². The monoisotopic (exact) mass is 245 g/mol. The number of rotatable bonds is 3. The molecule has 0 bridgehead atoms. The van der Waals surface area contributed by atoms with Crippen LogP contribution >= 0.6 is 0 Å².